The van der Waals surface area contributed by atoms with Crippen LogP contribution >= 0.6 is 0 Å². The smallest absolute Gasteiger partial charge is 0.265 e. The Morgan fingerprint density at radius 2 is 1.53 bits per heavy atom. The van der Waals surface area contributed by atoms with Crippen LogP contribution in [0, 0.1) is 17.8 Å². The fourth-order valence-electron chi connectivity index (χ4n) is 8.05. The number of fused-ring (bicyclic) bond motifs is 4. The molecular formula is C41H47N3O8Si. The summed E-state index contributed by atoms with van der Waals surface area (Å²) in [4.78, 5) is 52.5. The number of carbonyl (C=O) groups is 3. The molecule has 2 aromatic heterocycles. The summed E-state index contributed by atoms with van der Waals surface area (Å²) in [6.07, 6.45) is 2.12. The third-order valence-electron chi connectivity index (χ3n) is 11.6. The van der Waals surface area contributed by atoms with Gasteiger partial charge in [0.25, 0.3) is 5.88 Å². The fourth-order valence-corrected chi connectivity index (χ4v) is 9.50. The van der Waals surface area contributed by atoms with Crippen LogP contribution in [0.3, 0.4) is 0 Å². The minimum absolute atomic E-state index is 0.00000767. The van der Waals surface area contributed by atoms with Crippen molar-refractivity contribution in [3.63, 3.8) is 0 Å². The van der Waals surface area contributed by atoms with Gasteiger partial charge in [-0.15, -0.1) is 0 Å². The summed E-state index contributed by atoms with van der Waals surface area (Å²) in [5, 5.41) is 3.89. The van der Waals surface area contributed by atoms with Crippen LogP contribution in [0.4, 0.5) is 0 Å². The van der Waals surface area contributed by atoms with Gasteiger partial charge in [-0.1, -0.05) is 81.4 Å². The Kier molecular flexibility index (Phi) is 9.44. The second-order valence-corrected chi connectivity index (χ2v) is 20.8. The third kappa shape index (κ3) is 6.10. The van der Waals surface area contributed by atoms with Crippen molar-refractivity contribution < 1.29 is 37.5 Å². The average Bonchev–Trinajstić information content (AvgIpc) is 3.54. The van der Waals surface area contributed by atoms with Gasteiger partial charge in [0.1, 0.15) is 24.5 Å². The van der Waals surface area contributed by atoms with Crippen LogP contribution in [0.2, 0.25) is 18.1 Å². The van der Waals surface area contributed by atoms with E-state index < -0.39 is 55.1 Å². The monoisotopic (exact) mass is 737 g/mol. The van der Waals surface area contributed by atoms with E-state index in [1.807, 2.05) is 92.8 Å². The predicted molar refractivity (Wildman–Crippen MR) is 199 cm³/mol. The number of aromatic nitrogens is 2. The molecule has 7 rings (SSSR count). The maximum absolute atomic E-state index is 15.6. The molecule has 2 aromatic carbocycles. The molecule has 0 saturated heterocycles. The van der Waals surface area contributed by atoms with E-state index in [1.165, 1.54) is 13.3 Å². The lowest BCUT2D eigenvalue weighted by Crippen LogP contribution is -2.70. The summed E-state index contributed by atoms with van der Waals surface area (Å²) in [7, 11) is 2.39. The molecule has 53 heavy (non-hydrogen) atoms. The van der Waals surface area contributed by atoms with Crippen LogP contribution in [-0.4, -0.2) is 67.5 Å². The highest BCUT2D eigenvalue weighted by molar-refractivity contribution is 6.74. The maximum Gasteiger partial charge on any atom is 0.265 e. The van der Waals surface area contributed by atoms with Crippen molar-refractivity contribution in [3.05, 3.63) is 100 Å². The van der Waals surface area contributed by atoms with Crippen molar-refractivity contribution in [1.29, 1.82) is 0 Å². The summed E-state index contributed by atoms with van der Waals surface area (Å²) >= 11 is 0. The molecule has 0 N–H and O–H groups in total. The molecule has 0 radical (unpaired) electrons. The first-order chi connectivity index (χ1) is 25.2. The molecular weight excluding hydrogens is 691 g/mol. The number of ketones is 3. The van der Waals surface area contributed by atoms with Crippen LogP contribution in [0.15, 0.2) is 71.4 Å². The number of ether oxygens (including phenoxy) is 3. The van der Waals surface area contributed by atoms with E-state index in [-0.39, 0.29) is 41.0 Å². The Morgan fingerprint density at radius 1 is 0.906 bits per heavy atom. The summed E-state index contributed by atoms with van der Waals surface area (Å²) in [6, 6.07) is 18.6. The second kappa shape index (κ2) is 13.6. The van der Waals surface area contributed by atoms with Gasteiger partial charge in [0.05, 0.1) is 30.8 Å². The van der Waals surface area contributed by atoms with E-state index in [4.69, 9.17) is 23.2 Å². The average molecular weight is 738 g/mol. The van der Waals surface area contributed by atoms with Crippen molar-refractivity contribution in [2.75, 3.05) is 21.2 Å². The molecule has 1 unspecified atom stereocenters. The number of rotatable bonds is 10. The number of methoxy groups -OCH3 is 1. The highest BCUT2D eigenvalue weighted by atomic mass is 28.4. The normalized spacial score (nSPS) is 23.9. The highest BCUT2D eigenvalue weighted by Gasteiger charge is 2.70. The van der Waals surface area contributed by atoms with Gasteiger partial charge in [0.2, 0.25) is 11.7 Å². The zero-order valence-corrected chi connectivity index (χ0v) is 32.6. The molecule has 3 aliphatic carbocycles. The van der Waals surface area contributed by atoms with E-state index in [2.05, 4.69) is 30.9 Å². The first-order valence-electron chi connectivity index (χ1n) is 18.1. The maximum atomic E-state index is 15.6. The number of pyridine rings is 1. The molecule has 3 aliphatic rings. The third-order valence-corrected chi connectivity index (χ3v) is 16.1. The van der Waals surface area contributed by atoms with Crippen LogP contribution in [0.25, 0.3) is 0 Å². The lowest BCUT2D eigenvalue weighted by molar-refractivity contribution is -0.151. The summed E-state index contributed by atoms with van der Waals surface area (Å²) < 4.78 is 31.3. The minimum Gasteiger partial charge on any atom is -0.487 e. The fraction of sp³-hybridized carbons (Fsp3) is 0.439. The molecule has 11 nitrogen and oxygen atoms in total. The Hall–Kier alpha value is -4.65. The summed E-state index contributed by atoms with van der Waals surface area (Å²) in [6.45, 7) is 10.6. The zero-order valence-electron chi connectivity index (χ0n) is 31.6. The van der Waals surface area contributed by atoms with Gasteiger partial charge in [-0.2, -0.15) is 0 Å². The van der Waals surface area contributed by atoms with Gasteiger partial charge in [0.15, 0.2) is 31.2 Å². The first-order valence-corrected chi connectivity index (χ1v) is 21.0. The topological polar surface area (TPSA) is 130 Å². The van der Waals surface area contributed by atoms with Crippen LogP contribution in [0.5, 0.6) is 17.5 Å². The Morgan fingerprint density at radius 3 is 2.11 bits per heavy atom. The van der Waals surface area contributed by atoms with Crippen molar-refractivity contribution in [1.82, 2.24) is 15.0 Å². The SMILES string of the molecule is COc1ncc(OCc2ccccc2)c2c1C[C@H]1C[C@H]3[C@H](N(C)C)c4onc(OCc5ccccc5)c4C(=O)[C@@]3(O[Si](C)(C)C(C)(C)C)C(=O)C1C2=O. The Labute approximate surface area is 311 Å². The second-order valence-electron chi connectivity index (χ2n) is 16.1. The molecule has 5 atom stereocenters. The molecule has 0 aliphatic heterocycles. The van der Waals surface area contributed by atoms with Gasteiger partial charge in [-0.25, -0.2) is 4.98 Å². The lowest BCUT2D eigenvalue weighted by Gasteiger charge is -2.56. The molecule has 12 heteroatoms. The number of Topliss-reactive ketones (excluding diaryl/α,β-unsaturated/α-hetero) is 3. The highest BCUT2D eigenvalue weighted by Crippen LogP contribution is 2.59. The summed E-state index contributed by atoms with van der Waals surface area (Å²) in [5.74, 6) is -2.96. The van der Waals surface area contributed by atoms with E-state index >= 15 is 9.59 Å². The van der Waals surface area contributed by atoms with Crippen LogP contribution in [0.1, 0.15) is 76.4 Å². The Balaban J connectivity index is 1.36. The first kappa shape index (κ1) is 36.7. The number of nitrogens with zero attached hydrogens (tertiary/aromatic N) is 3. The molecule has 1 fully saturated rings. The van der Waals surface area contributed by atoms with E-state index in [0.29, 0.717) is 30.0 Å². The molecule has 4 aromatic rings. The van der Waals surface area contributed by atoms with Crippen molar-refractivity contribution in [2.24, 2.45) is 17.8 Å². The largest absolute Gasteiger partial charge is 0.487 e. The molecule has 0 bridgehead atoms. The number of hydrogen-bond donors (Lipinski definition) is 0. The molecule has 0 spiro atoms. The molecule has 1 saturated carbocycles. The van der Waals surface area contributed by atoms with Crippen molar-refractivity contribution in [2.45, 2.75) is 76.6 Å². The number of carbonyl (C=O) groups excluding carboxylic acids is 3. The van der Waals surface area contributed by atoms with E-state index in [0.717, 1.165) is 11.1 Å². The Bertz CT molecular complexity index is 2040. The van der Waals surface area contributed by atoms with E-state index in [1.54, 1.807) is 0 Å². The minimum atomic E-state index is -2.89. The van der Waals surface area contributed by atoms with Gasteiger partial charge in [-0.3, -0.25) is 19.3 Å². The van der Waals surface area contributed by atoms with Crippen molar-refractivity contribution >= 4 is 25.7 Å². The molecule has 0 amide bonds. The van der Waals surface area contributed by atoms with Crippen molar-refractivity contribution in [3.8, 4) is 17.5 Å². The summed E-state index contributed by atoms with van der Waals surface area (Å²) in [5.41, 5.74) is 0.720. The van der Waals surface area contributed by atoms with Crippen LogP contribution in [-0.2, 0) is 28.9 Å². The zero-order chi connectivity index (χ0) is 37.9. The standard InChI is InChI=1S/C41H47N3O8Si/c1-40(2,3)53(7,8)52-41-28(33(44(4)5)35-32(37(41)47)39(43-51-35)50-23-25-17-13-10-14-18-25)20-26-19-27-31(34(45)30(26)36(41)46)29(21-42-38(27)48-6)49-22-24-15-11-9-12-16-24/h9-18,21,26,28,30,33H,19-20,22-23H2,1-8H3/t26-,28-,30?,33-,41-/m0/s1. The van der Waals surface area contributed by atoms with Gasteiger partial charge >= 0.3 is 0 Å². The quantitative estimate of drug-likeness (QED) is 0.123. The lowest BCUT2D eigenvalue weighted by atomic mass is 9.54. The van der Waals surface area contributed by atoms with Crippen LogP contribution < -0.4 is 14.2 Å². The van der Waals surface area contributed by atoms with Gasteiger partial charge in [0, 0.05) is 11.5 Å². The predicted octanol–water partition coefficient (Wildman–Crippen LogP) is 7.06. The molecule has 2 heterocycles. The van der Waals surface area contributed by atoms with Gasteiger partial charge in [-0.05, 0) is 67.3 Å². The molecule has 278 valence electrons. The number of benzene rings is 2. The number of hydrogen-bond acceptors (Lipinski definition) is 11. The van der Waals surface area contributed by atoms with E-state index in [9.17, 15) is 4.79 Å². The van der Waals surface area contributed by atoms with Gasteiger partial charge < -0.3 is 23.2 Å².